The van der Waals surface area contributed by atoms with Crippen LogP contribution in [0.1, 0.15) is 15.9 Å². The molecule has 0 aliphatic heterocycles. The lowest BCUT2D eigenvalue weighted by Crippen LogP contribution is -2.26. The van der Waals surface area contributed by atoms with Gasteiger partial charge in [-0.05, 0) is 36.8 Å². The Morgan fingerprint density at radius 1 is 1.19 bits per heavy atom. The van der Waals surface area contributed by atoms with Gasteiger partial charge in [0.25, 0.3) is 5.91 Å². The Morgan fingerprint density at radius 3 is 2.71 bits per heavy atom. The minimum Gasteiger partial charge on any atom is -0.334 e. The van der Waals surface area contributed by atoms with Gasteiger partial charge in [-0.1, -0.05) is 18.2 Å². The molecule has 0 saturated carbocycles. The zero-order valence-corrected chi connectivity index (χ0v) is 12.4. The molecule has 3 aromatic rings. The van der Waals surface area contributed by atoms with Crippen LogP contribution in [-0.2, 0) is 7.05 Å². The molecule has 0 bridgehead atoms. The van der Waals surface area contributed by atoms with Gasteiger partial charge in [-0.25, -0.2) is 4.98 Å². The maximum atomic E-state index is 12.6. The Morgan fingerprint density at radius 2 is 1.95 bits per heavy atom. The van der Waals surface area contributed by atoms with E-state index < -0.39 is 0 Å². The highest BCUT2D eigenvalue weighted by Gasteiger charge is 2.16. The molecule has 0 N–H and O–H groups in total. The Bertz CT molecular complexity index is 820. The highest BCUT2D eigenvalue weighted by molar-refractivity contribution is 6.07. The van der Waals surface area contributed by atoms with E-state index in [-0.39, 0.29) is 5.91 Å². The minimum absolute atomic E-state index is 0.0108. The number of fused-ring (bicyclic) bond motifs is 1. The van der Waals surface area contributed by atoms with Crippen LogP contribution in [0.25, 0.3) is 11.0 Å². The van der Waals surface area contributed by atoms with Crippen LogP contribution in [0.2, 0.25) is 0 Å². The first kappa shape index (κ1) is 13.4. The molecule has 0 aliphatic carbocycles. The van der Waals surface area contributed by atoms with Gasteiger partial charge in [-0.3, -0.25) is 4.79 Å². The molecule has 0 saturated heterocycles. The third-order valence-corrected chi connectivity index (χ3v) is 3.78. The second kappa shape index (κ2) is 5.05. The number of imidazole rings is 1. The first-order chi connectivity index (χ1) is 10.1. The van der Waals surface area contributed by atoms with E-state index in [0.717, 1.165) is 27.8 Å². The molecular weight excluding hydrogens is 262 g/mol. The molecule has 1 heterocycles. The Kier molecular flexibility index (Phi) is 3.22. The van der Waals surface area contributed by atoms with E-state index in [1.54, 1.807) is 18.3 Å². The van der Waals surface area contributed by atoms with Gasteiger partial charge in [0.2, 0.25) is 0 Å². The molecule has 0 unspecified atom stereocenters. The van der Waals surface area contributed by atoms with Crippen LogP contribution in [0.4, 0.5) is 5.69 Å². The summed E-state index contributed by atoms with van der Waals surface area (Å²) in [5.74, 6) is -0.0108. The zero-order chi connectivity index (χ0) is 15.0. The number of carbonyl (C=O) groups excluding carboxylic acids is 1. The predicted octanol–water partition coefficient (Wildman–Crippen LogP) is 3.16. The molecule has 106 valence electrons. The SMILES string of the molecule is Cc1ccccc1C(=O)N(C)c1ccc2c(c1)ncn2C. The van der Waals surface area contributed by atoms with Crippen LogP contribution in [0.3, 0.4) is 0 Å². The summed E-state index contributed by atoms with van der Waals surface area (Å²) in [5.41, 5.74) is 4.48. The summed E-state index contributed by atoms with van der Waals surface area (Å²) < 4.78 is 1.96. The van der Waals surface area contributed by atoms with Gasteiger partial charge in [0, 0.05) is 25.3 Å². The van der Waals surface area contributed by atoms with Gasteiger partial charge in [0.15, 0.2) is 0 Å². The van der Waals surface area contributed by atoms with Crippen molar-refractivity contribution in [2.24, 2.45) is 7.05 Å². The molecule has 4 nitrogen and oxygen atoms in total. The fourth-order valence-corrected chi connectivity index (χ4v) is 2.44. The van der Waals surface area contributed by atoms with Crippen molar-refractivity contribution in [2.45, 2.75) is 6.92 Å². The van der Waals surface area contributed by atoms with Crippen LogP contribution in [0, 0.1) is 6.92 Å². The number of hydrogen-bond acceptors (Lipinski definition) is 2. The lowest BCUT2D eigenvalue weighted by Gasteiger charge is -2.18. The summed E-state index contributed by atoms with van der Waals surface area (Å²) in [4.78, 5) is 18.6. The molecule has 1 amide bonds. The molecule has 3 rings (SSSR count). The molecule has 1 aromatic heterocycles. The minimum atomic E-state index is -0.0108. The van der Waals surface area contributed by atoms with E-state index in [2.05, 4.69) is 4.98 Å². The molecule has 21 heavy (non-hydrogen) atoms. The van der Waals surface area contributed by atoms with Gasteiger partial charge in [0.05, 0.1) is 17.4 Å². The number of aryl methyl sites for hydroxylation is 2. The number of carbonyl (C=O) groups is 1. The molecule has 0 radical (unpaired) electrons. The fourth-order valence-electron chi connectivity index (χ4n) is 2.44. The van der Waals surface area contributed by atoms with Crippen molar-refractivity contribution in [2.75, 3.05) is 11.9 Å². The molecule has 4 heteroatoms. The number of hydrogen-bond donors (Lipinski definition) is 0. The van der Waals surface area contributed by atoms with Crippen molar-refractivity contribution in [1.82, 2.24) is 9.55 Å². The van der Waals surface area contributed by atoms with Crippen molar-refractivity contribution >= 4 is 22.6 Å². The molecule has 0 fully saturated rings. The second-order valence-corrected chi connectivity index (χ2v) is 5.21. The smallest absolute Gasteiger partial charge is 0.258 e. The summed E-state index contributed by atoms with van der Waals surface area (Å²) in [6.07, 6.45) is 1.78. The van der Waals surface area contributed by atoms with Crippen LogP contribution in [0.5, 0.6) is 0 Å². The van der Waals surface area contributed by atoms with Gasteiger partial charge in [-0.2, -0.15) is 0 Å². The van der Waals surface area contributed by atoms with Crippen LogP contribution < -0.4 is 4.90 Å². The van der Waals surface area contributed by atoms with Crippen molar-refractivity contribution in [3.05, 3.63) is 59.9 Å². The van der Waals surface area contributed by atoms with E-state index in [1.165, 1.54) is 0 Å². The first-order valence-corrected chi connectivity index (χ1v) is 6.82. The number of benzene rings is 2. The number of rotatable bonds is 2. The molecule has 0 spiro atoms. The van der Waals surface area contributed by atoms with Crippen molar-refractivity contribution < 1.29 is 4.79 Å². The van der Waals surface area contributed by atoms with Gasteiger partial charge >= 0.3 is 0 Å². The van der Waals surface area contributed by atoms with Crippen LogP contribution >= 0.6 is 0 Å². The molecule has 0 atom stereocenters. The lowest BCUT2D eigenvalue weighted by molar-refractivity contribution is 0.0992. The standard InChI is InChI=1S/C17H17N3O/c1-12-6-4-5-7-14(12)17(21)20(3)13-8-9-16-15(10-13)18-11-19(16)2/h4-11H,1-3H3. The number of amides is 1. The van der Waals surface area contributed by atoms with Gasteiger partial charge < -0.3 is 9.47 Å². The van der Waals surface area contributed by atoms with E-state index in [4.69, 9.17) is 0 Å². The van der Waals surface area contributed by atoms with Gasteiger partial charge in [-0.15, -0.1) is 0 Å². The molecule has 2 aromatic carbocycles. The summed E-state index contributed by atoms with van der Waals surface area (Å²) in [6.45, 7) is 1.95. The third-order valence-electron chi connectivity index (χ3n) is 3.78. The fraction of sp³-hybridized carbons (Fsp3) is 0.176. The summed E-state index contributed by atoms with van der Waals surface area (Å²) in [7, 11) is 3.75. The highest BCUT2D eigenvalue weighted by Crippen LogP contribution is 2.22. The number of aromatic nitrogens is 2. The normalized spacial score (nSPS) is 10.8. The van der Waals surface area contributed by atoms with E-state index in [9.17, 15) is 4.79 Å². The van der Waals surface area contributed by atoms with E-state index in [1.807, 2.05) is 61.0 Å². The zero-order valence-electron chi connectivity index (χ0n) is 12.4. The second-order valence-electron chi connectivity index (χ2n) is 5.21. The van der Waals surface area contributed by atoms with Crippen molar-refractivity contribution in [3.8, 4) is 0 Å². The number of nitrogens with zero attached hydrogens (tertiary/aromatic N) is 3. The third kappa shape index (κ3) is 2.29. The summed E-state index contributed by atoms with van der Waals surface area (Å²) in [6, 6.07) is 13.5. The van der Waals surface area contributed by atoms with Gasteiger partial charge in [0.1, 0.15) is 0 Å². The first-order valence-electron chi connectivity index (χ1n) is 6.82. The highest BCUT2D eigenvalue weighted by atomic mass is 16.2. The monoisotopic (exact) mass is 279 g/mol. The van der Waals surface area contributed by atoms with Crippen molar-refractivity contribution in [3.63, 3.8) is 0 Å². The predicted molar refractivity (Wildman–Crippen MR) is 84.6 cm³/mol. The summed E-state index contributed by atoms with van der Waals surface area (Å²) in [5, 5.41) is 0. The maximum Gasteiger partial charge on any atom is 0.258 e. The lowest BCUT2D eigenvalue weighted by atomic mass is 10.1. The Labute approximate surface area is 123 Å². The molecule has 0 aliphatic rings. The summed E-state index contributed by atoms with van der Waals surface area (Å²) >= 11 is 0. The van der Waals surface area contributed by atoms with Crippen LogP contribution in [-0.4, -0.2) is 22.5 Å². The van der Waals surface area contributed by atoms with Crippen molar-refractivity contribution in [1.29, 1.82) is 0 Å². The number of anilines is 1. The maximum absolute atomic E-state index is 12.6. The quantitative estimate of drug-likeness (QED) is 0.722. The molecular formula is C17H17N3O. The average molecular weight is 279 g/mol. The van der Waals surface area contributed by atoms with Crippen LogP contribution in [0.15, 0.2) is 48.8 Å². The Balaban J connectivity index is 1.98. The van der Waals surface area contributed by atoms with E-state index in [0.29, 0.717) is 0 Å². The average Bonchev–Trinajstić information content (AvgIpc) is 2.87. The van der Waals surface area contributed by atoms with E-state index >= 15 is 0 Å². The Hall–Kier alpha value is -2.62. The largest absolute Gasteiger partial charge is 0.334 e. The topological polar surface area (TPSA) is 38.1 Å².